The smallest absolute Gasteiger partial charge is 0.240 e. The zero-order valence-electron chi connectivity index (χ0n) is 14.4. The van der Waals surface area contributed by atoms with E-state index in [1.807, 2.05) is 26.0 Å². The molecule has 132 valence electrons. The molecule has 23 heavy (non-hydrogen) atoms. The molecular weight excluding hydrogens is 423 g/mol. The van der Waals surface area contributed by atoms with Crippen molar-refractivity contribution in [2.75, 3.05) is 6.54 Å². The van der Waals surface area contributed by atoms with Gasteiger partial charge in [0.25, 0.3) is 0 Å². The molecule has 0 aliphatic heterocycles. The van der Waals surface area contributed by atoms with Crippen LogP contribution in [0.2, 0.25) is 0 Å². The van der Waals surface area contributed by atoms with Crippen molar-refractivity contribution in [3.05, 3.63) is 27.8 Å². The van der Waals surface area contributed by atoms with Crippen molar-refractivity contribution in [3.8, 4) is 0 Å². The van der Waals surface area contributed by atoms with Crippen LogP contribution in [-0.2, 0) is 10.0 Å². The van der Waals surface area contributed by atoms with Gasteiger partial charge < -0.3 is 5.73 Å². The molecule has 4 nitrogen and oxygen atoms in total. The highest BCUT2D eigenvalue weighted by Crippen LogP contribution is 2.21. The molecule has 0 unspecified atom stereocenters. The molecule has 0 aliphatic rings. The predicted octanol–water partition coefficient (Wildman–Crippen LogP) is 3.61. The highest BCUT2D eigenvalue weighted by Gasteiger charge is 2.24. The molecule has 6 heteroatoms. The van der Waals surface area contributed by atoms with Crippen molar-refractivity contribution in [2.24, 2.45) is 23.5 Å². The first-order valence-electron chi connectivity index (χ1n) is 8.15. The number of halogens is 1. The van der Waals surface area contributed by atoms with Crippen molar-refractivity contribution in [1.82, 2.24) is 4.72 Å². The Hall–Kier alpha value is -0.180. The van der Waals surface area contributed by atoms with Crippen molar-refractivity contribution < 1.29 is 8.42 Å². The van der Waals surface area contributed by atoms with Crippen LogP contribution in [0.5, 0.6) is 0 Å². The van der Waals surface area contributed by atoms with E-state index in [-0.39, 0.29) is 12.0 Å². The topological polar surface area (TPSA) is 72.2 Å². The van der Waals surface area contributed by atoms with E-state index in [2.05, 4.69) is 41.2 Å². The summed E-state index contributed by atoms with van der Waals surface area (Å²) in [4.78, 5) is 0.322. The Balaban J connectivity index is 2.80. The number of nitrogens with two attached hydrogens (primary N) is 1. The Kier molecular flexibility index (Phi) is 8.47. The molecule has 1 aromatic rings. The lowest BCUT2D eigenvalue weighted by Crippen LogP contribution is -2.39. The fourth-order valence-corrected chi connectivity index (χ4v) is 4.31. The lowest BCUT2D eigenvalue weighted by Gasteiger charge is -2.26. The van der Waals surface area contributed by atoms with Gasteiger partial charge in [-0.3, -0.25) is 0 Å². The van der Waals surface area contributed by atoms with Gasteiger partial charge in [0, 0.05) is 9.61 Å². The third-order valence-electron chi connectivity index (χ3n) is 4.33. The Morgan fingerprint density at radius 1 is 1.04 bits per heavy atom. The van der Waals surface area contributed by atoms with E-state index >= 15 is 0 Å². The maximum absolute atomic E-state index is 12.6. The summed E-state index contributed by atoms with van der Waals surface area (Å²) in [6.07, 6.45) is 1.74. The van der Waals surface area contributed by atoms with Crippen LogP contribution >= 0.6 is 22.6 Å². The molecule has 1 rings (SSSR count). The third-order valence-corrected chi connectivity index (χ3v) is 6.55. The normalized spacial score (nSPS) is 15.1. The molecule has 0 amide bonds. The van der Waals surface area contributed by atoms with Gasteiger partial charge in [0.2, 0.25) is 10.0 Å². The molecular formula is C17H29IN2O2S. The van der Waals surface area contributed by atoms with Gasteiger partial charge in [-0.15, -0.1) is 0 Å². The largest absolute Gasteiger partial charge is 0.330 e. The summed E-state index contributed by atoms with van der Waals surface area (Å²) < 4.78 is 29.0. The summed E-state index contributed by atoms with van der Waals surface area (Å²) in [5.41, 5.74) is 5.83. The van der Waals surface area contributed by atoms with Crippen LogP contribution < -0.4 is 10.5 Å². The first-order valence-corrected chi connectivity index (χ1v) is 10.7. The van der Waals surface area contributed by atoms with E-state index in [0.717, 1.165) is 16.4 Å². The minimum Gasteiger partial charge on any atom is -0.330 e. The molecule has 0 saturated heterocycles. The summed E-state index contributed by atoms with van der Waals surface area (Å²) in [5.74, 6) is 1.18. The SMILES string of the molecule is CC(C)[C@@H](CN)CC[C@@H](NS(=O)(=O)c1ccc(I)cc1)C(C)C. The number of nitrogens with one attached hydrogen (secondary N) is 1. The van der Waals surface area contributed by atoms with E-state index in [1.54, 1.807) is 12.1 Å². The van der Waals surface area contributed by atoms with Gasteiger partial charge in [0.1, 0.15) is 0 Å². The Labute approximate surface area is 154 Å². The Morgan fingerprint density at radius 3 is 2.04 bits per heavy atom. The first kappa shape index (κ1) is 20.9. The summed E-state index contributed by atoms with van der Waals surface area (Å²) in [5, 5.41) is 0. The van der Waals surface area contributed by atoms with Gasteiger partial charge in [-0.05, 0) is 84.0 Å². The molecule has 0 saturated carbocycles. The van der Waals surface area contributed by atoms with Crippen LogP contribution in [0.15, 0.2) is 29.2 Å². The number of hydrogen-bond acceptors (Lipinski definition) is 3. The summed E-state index contributed by atoms with van der Waals surface area (Å²) >= 11 is 2.16. The minimum atomic E-state index is -3.48. The van der Waals surface area contributed by atoms with Gasteiger partial charge in [-0.25, -0.2) is 13.1 Å². The Bertz CT molecular complexity index is 571. The summed E-state index contributed by atoms with van der Waals surface area (Å²) in [7, 11) is -3.48. The van der Waals surface area contributed by atoms with E-state index in [0.29, 0.717) is 23.3 Å². The van der Waals surface area contributed by atoms with Crippen molar-refractivity contribution in [3.63, 3.8) is 0 Å². The fraction of sp³-hybridized carbons (Fsp3) is 0.647. The second-order valence-corrected chi connectivity index (χ2v) is 9.70. The van der Waals surface area contributed by atoms with Crippen molar-refractivity contribution in [2.45, 2.75) is 51.5 Å². The highest BCUT2D eigenvalue weighted by molar-refractivity contribution is 14.1. The lowest BCUT2D eigenvalue weighted by atomic mass is 9.88. The average molecular weight is 452 g/mol. The monoisotopic (exact) mass is 452 g/mol. The van der Waals surface area contributed by atoms with Crippen molar-refractivity contribution in [1.29, 1.82) is 0 Å². The van der Waals surface area contributed by atoms with Crippen LogP contribution in [0.4, 0.5) is 0 Å². The fourth-order valence-electron chi connectivity index (χ4n) is 2.53. The minimum absolute atomic E-state index is 0.0768. The molecule has 2 atom stereocenters. The molecule has 0 bridgehead atoms. The predicted molar refractivity (Wildman–Crippen MR) is 105 cm³/mol. The van der Waals surface area contributed by atoms with Crippen LogP contribution in [0.3, 0.4) is 0 Å². The van der Waals surface area contributed by atoms with Gasteiger partial charge >= 0.3 is 0 Å². The molecule has 0 fully saturated rings. The molecule has 0 spiro atoms. The number of hydrogen-bond donors (Lipinski definition) is 2. The molecule has 0 heterocycles. The molecule has 0 aromatic heterocycles. The van der Waals surface area contributed by atoms with Gasteiger partial charge in [0.15, 0.2) is 0 Å². The van der Waals surface area contributed by atoms with Gasteiger partial charge in [0.05, 0.1) is 4.90 Å². The molecule has 1 aromatic carbocycles. The average Bonchev–Trinajstić information content (AvgIpc) is 2.46. The van der Waals surface area contributed by atoms with Gasteiger partial charge in [-0.2, -0.15) is 0 Å². The highest BCUT2D eigenvalue weighted by atomic mass is 127. The van der Waals surface area contributed by atoms with Gasteiger partial charge in [-0.1, -0.05) is 27.7 Å². The summed E-state index contributed by atoms with van der Waals surface area (Å²) in [6, 6.07) is 6.84. The second kappa shape index (κ2) is 9.34. The zero-order chi connectivity index (χ0) is 17.6. The van der Waals surface area contributed by atoms with E-state index in [4.69, 9.17) is 5.73 Å². The number of benzene rings is 1. The standard InChI is InChI=1S/C17H29IN2O2S/c1-12(2)14(11-19)5-10-17(13(3)4)20-23(21,22)16-8-6-15(18)7-9-16/h6-9,12-14,17,20H,5,10-11,19H2,1-4H3/t14-,17-/m1/s1. The van der Waals surface area contributed by atoms with E-state index in [9.17, 15) is 8.42 Å². The Morgan fingerprint density at radius 2 is 1.61 bits per heavy atom. The molecule has 0 aliphatic carbocycles. The first-order chi connectivity index (χ1) is 10.7. The number of sulfonamides is 1. The van der Waals surface area contributed by atoms with Crippen LogP contribution in [0.25, 0.3) is 0 Å². The van der Waals surface area contributed by atoms with Crippen molar-refractivity contribution >= 4 is 32.6 Å². The van der Waals surface area contributed by atoms with Crippen LogP contribution in [-0.4, -0.2) is 21.0 Å². The maximum Gasteiger partial charge on any atom is 0.240 e. The quantitative estimate of drug-likeness (QED) is 0.563. The number of rotatable bonds is 9. The second-order valence-electron chi connectivity index (χ2n) is 6.74. The third kappa shape index (κ3) is 6.68. The van der Waals surface area contributed by atoms with E-state index < -0.39 is 10.0 Å². The lowest BCUT2D eigenvalue weighted by molar-refractivity contribution is 0.319. The summed E-state index contributed by atoms with van der Waals surface area (Å²) in [6.45, 7) is 9.07. The molecule has 3 N–H and O–H groups in total. The van der Waals surface area contributed by atoms with E-state index in [1.165, 1.54) is 0 Å². The maximum atomic E-state index is 12.6. The molecule has 0 radical (unpaired) electrons. The zero-order valence-corrected chi connectivity index (χ0v) is 17.4. The van der Waals surface area contributed by atoms with Crippen LogP contribution in [0.1, 0.15) is 40.5 Å². The van der Waals surface area contributed by atoms with Crippen LogP contribution in [0, 0.1) is 21.3 Å².